The van der Waals surface area contributed by atoms with Crippen LogP contribution in [0.4, 0.5) is 0 Å². The Morgan fingerprint density at radius 1 is 1.62 bits per heavy atom. The lowest BCUT2D eigenvalue weighted by Crippen LogP contribution is -2.18. The van der Waals surface area contributed by atoms with E-state index in [1.165, 1.54) is 11.3 Å². The molecule has 0 unspecified atom stereocenters. The van der Waals surface area contributed by atoms with Crippen LogP contribution in [0.1, 0.15) is 11.5 Å². The zero-order valence-electron chi connectivity index (χ0n) is 9.06. The van der Waals surface area contributed by atoms with Gasteiger partial charge in [-0.25, -0.2) is 4.98 Å². The smallest absolute Gasteiger partial charge is 0.304 e. The van der Waals surface area contributed by atoms with Crippen molar-refractivity contribution < 1.29 is 0 Å². The predicted octanol–water partition coefficient (Wildman–Crippen LogP) is 0.502. The zero-order valence-corrected chi connectivity index (χ0v) is 9.88. The van der Waals surface area contributed by atoms with Gasteiger partial charge in [-0.3, -0.25) is 4.79 Å². The quantitative estimate of drug-likeness (QED) is 0.746. The van der Waals surface area contributed by atoms with Gasteiger partial charge in [0.1, 0.15) is 5.82 Å². The number of aryl methyl sites for hydroxylation is 1. The molecule has 0 aliphatic heterocycles. The second kappa shape index (κ2) is 5.09. The number of imidazole rings is 1. The summed E-state index contributed by atoms with van der Waals surface area (Å²) in [5, 5.41) is 5.11. The first-order chi connectivity index (χ1) is 7.75. The largest absolute Gasteiger partial charge is 0.338 e. The molecule has 0 bridgehead atoms. The molecule has 86 valence electrons. The number of nitrogens with zero attached hydrogens (tertiary/aromatic N) is 2. The van der Waals surface area contributed by atoms with Crippen molar-refractivity contribution in [1.29, 1.82) is 0 Å². The molecule has 2 rings (SSSR count). The average Bonchev–Trinajstić information content (AvgIpc) is 2.83. The molecule has 2 N–H and O–H groups in total. The van der Waals surface area contributed by atoms with Crippen molar-refractivity contribution in [3.63, 3.8) is 0 Å². The molecule has 0 fully saturated rings. The molecule has 16 heavy (non-hydrogen) atoms. The maximum Gasteiger partial charge on any atom is 0.304 e. The van der Waals surface area contributed by atoms with Gasteiger partial charge in [0, 0.05) is 50.0 Å². The molecule has 0 aliphatic rings. The van der Waals surface area contributed by atoms with Gasteiger partial charge in [0.2, 0.25) is 0 Å². The van der Waals surface area contributed by atoms with Gasteiger partial charge in [-0.2, -0.15) is 0 Å². The third-order valence-electron chi connectivity index (χ3n) is 2.33. The Hall–Kier alpha value is -1.40. The third-order valence-corrected chi connectivity index (χ3v) is 3.05. The fourth-order valence-corrected chi connectivity index (χ4v) is 2.04. The van der Waals surface area contributed by atoms with Crippen LogP contribution in [0, 0.1) is 0 Å². The van der Waals surface area contributed by atoms with Gasteiger partial charge in [-0.1, -0.05) is 11.3 Å². The lowest BCUT2D eigenvalue weighted by molar-refractivity contribution is 0.648. The van der Waals surface area contributed by atoms with E-state index in [9.17, 15) is 4.79 Å². The molecule has 6 heteroatoms. The van der Waals surface area contributed by atoms with Crippen molar-refractivity contribution in [3.8, 4) is 0 Å². The highest BCUT2D eigenvalue weighted by Gasteiger charge is 1.99. The number of hydrogen-bond acceptors (Lipinski definition) is 4. The van der Waals surface area contributed by atoms with Crippen LogP contribution in [0.5, 0.6) is 0 Å². The predicted molar refractivity (Wildman–Crippen MR) is 63.6 cm³/mol. The highest BCUT2D eigenvalue weighted by molar-refractivity contribution is 7.07. The summed E-state index contributed by atoms with van der Waals surface area (Å²) in [5.74, 6) is 1.06. The van der Waals surface area contributed by atoms with E-state index in [1.807, 2.05) is 23.2 Å². The first-order valence-corrected chi connectivity index (χ1v) is 5.97. The Morgan fingerprint density at radius 2 is 2.50 bits per heavy atom. The van der Waals surface area contributed by atoms with Gasteiger partial charge in [0.25, 0.3) is 0 Å². The van der Waals surface area contributed by atoms with Crippen molar-refractivity contribution in [2.75, 3.05) is 6.54 Å². The van der Waals surface area contributed by atoms with Crippen LogP contribution in [0.3, 0.4) is 0 Å². The highest BCUT2D eigenvalue weighted by atomic mass is 32.1. The second-order valence-corrected chi connectivity index (χ2v) is 4.40. The maximum atomic E-state index is 10.9. The van der Waals surface area contributed by atoms with E-state index >= 15 is 0 Å². The lowest BCUT2D eigenvalue weighted by Gasteiger charge is -2.03. The van der Waals surface area contributed by atoms with Crippen molar-refractivity contribution in [3.05, 3.63) is 39.0 Å². The number of rotatable bonds is 5. The first-order valence-electron chi connectivity index (χ1n) is 5.09. The Labute approximate surface area is 97.2 Å². The zero-order chi connectivity index (χ0) is 11.4. The molecule has 2 aromatic rings. The van der Waals surface area contributed by atoms with Crippen LogP contribution in [-0.4, -0.2) is 21.1 Å². The number of thiazole rings is 1. The van der Waals surface area contributed by atoms with Gasteiger partial charge < -0.3 is 14.9 Å². The minimum atomic E-state index is 0.000834. The Balaban J connectivity index is 1.73. The summed E-state index contributed by atoms with van der Waals surface area (Å²) in [6.07, 6.45) is 4.62. The van der Waals surface area contributed by atoms with Gasteiger partial charge >= 0.3 is 4.87 Å². The van der Waals surface area contributed by atoms with Crippen molar-refractivity contribution in [2.24, 2.45) is 7.05 Å². The molecular formula is C10H14N4OS. The number of aromatic nitrogens is 3. The summed E-state index contributed by atoms with van der Waals surface area (Å²) in [5.41, 5.74) is 0.940. The molecule has 0 amide bonds. The first kappa shape index (κ1) is 11.1. The van der Waals surface area contributed by atoms with Gasteiger partial charge in [0.05, 0.1) is 0 Å². The van der Waals surface area contributed by atoms with Crippen LogP contribution in [0.15, 0.2) is 22.6 Å². The fraction of sp³-hybridized carbons (Fsp3) is 0.400. The van der Waals surface area contributed by atoms with E-state index in [2.05, 4.69) is 15.3 Å². The van der Waals surface area contributed by atoms with E-state index in [4.69, 9.17) is 0 Å². The van der Waals surface area contributed by atoms with E-state index in [0.717, 1.165) is 24.5 Å². The summed E-state index contributed by atoms with van der Waals surface area (Å²) in [7, 11) is 1.98. The summed E-state index contributed by atoms with van der Waals surface area (Å²) in [6, 6.07) is 0. The summed E-state index contributed by atoms with van der Waals surface area (Å²) < 4.78 is 2.01. The molecule has 2 aromatic heterocycles. The van der Waals surface area contributed by atoms with E-state index < -0.39 is 0 Å². The van der Waals surface area contributed by atoms with Gasteiger partial charge in [-0.15, -0.1) is 0 Å². The lowest BCUT2D eigenvalue weighted by atomic mass is 10.4. The second-order valence-electron chi connectivity index (χ2n) is 3.55. The minimum Gasteiger partial charge on any atom is -0.338 e. The Morgan fingerprint density at radius 3 is 3.12 bits per heavy atom. The van der Waals surface area contributed by atoms with Gasteiger partial charge in [-0.05, 0) is 0 Å². The number of H-pyrrole nitrogens is 1. The average molecular weight is 238 g/mol. The molecule has 0 aromatic carbocycles. The van der Waals surface area contributed by atoms with Crippen LogP contribution in [0.25, 0.3) is 0 Å². The molecule has 0 radical (unpaired) electrons. The van der Waals surface area contributed by atoms with Crippen LogP contribution in [-0.2, 0) is 20.0 Å². The number of aromatic amines is 1. The van der Waals surface area contributed by atoms with Crippen molar-refractivity contribution >= 4 is 11.3 Å². The van der Waals surface area contributed by atoms with Crippen LogP contribution in [0.2, 0.25) is 0 Å². The standard InChI is InChI=1S/C10H14N4OS/c1-14-5-4-12-9(14)2-3-11-6-8-7-16-10(15)13-8/h4-5,7,11H,2-3,6H2,1H3,(H,13,15). The molecule has 0 aliphatic carbocycles. The van der Waals surface area contributed by atoms with Crippen molar-refractivity contribution in [2.45, 2.75) is 13.0 Å². The van der Waals surface area contributed by atoms with Crippen molar-refractivity contribution in [1.82, 2.24) is 19.9 Å². The topological polar surface area (TPSA) is 62.7 Å². The fourth-order valence-electron chi connectivity index (χ4n) is 1.46. The van der Waals surface area contributed by atoms with E-state index in [0.29, 0.717) is 6.54 Å². The van der Waals surface area contributed by atoms with Crippen LogP contribution >= 0.6 is 11.3 Å². The summed E-state index contributed by atoms with van der Waals surface area (Å²) in [4.78, 5) is 17.9. The van der Waals surface area contributed by atoms with Crippen LogP contribution < -0.4 is 10.2 Å². The molecular weight excluding hydrogens is 224 g/mol. The Bertz CT molecular complexity index is 499. The summed E-state index contributed by atoms with van der Waals surface area (Å²) in [6.45, 7) is 1.55. The molecule has 5 nitrogen and oxygen atoms in total. The molecule has 0 saturated heterocycles. The normalized spacial score (nSPS) is 10.8. The monoisotopic (exact) mass is 238 g/mol. The highest BCUT2D eigenvalue weighted by Crippen LogP contribution is 1.96. The van der Waals surface area contributed by atoms with E-state index in [1.54, 1.807) is 6.20 Å². The Kier molecular flexibility index (Phi) is 3.53. The SMILES string of the molecule is Cn1ccnc1CCNCc1csc(=O)[nH]1. The molecule has 0 atom stereocenters. The number of nitrogens with one attached hydrogen (secondary N) is 2. The summed E-state index contributed by atoms with van der Waals surface area (Å²) >= 11 is 1.20. The minimum absolute atomic E-state index is 0.000834. The third kappa shape index (κ3) is 2.80. The molecule has 2 heterocycles. The molecule has 0 spiro atoms. The maximum absolute atomic E-state index is 10.9. The van der Waals surface area contributed by atoms with E-state index in [-0.39, 0.29) is 4.87 Å². The van der Waals surface area contributed by atoms with Gasteiger partial charge in [0.15, 0.2) is 0 Å². The number of hydrogen-bond donors (Lipinski definition) is 2. The molecule has 0 saturated carbocycles.